The zero-order valence-corrected chi connectivity index (χ0v) is 7.47. The minimum absolute atomic E-state index is 0.466. The topological polar surface area (TPSA) is 12.5 Å². The third-order valence-electron chi connectivity index (χ3n) is 3.13. The number of nitrogens with zero attached hydrogens (tertiary/aromatic N) is 1. The molecule has 11 heavy (non-hydrogen) atoms. The first kappa shape index (κ1) is 7.56. The molecule has 0 aromatic heterocycles. The number of rotatable bonds is 1. The number of hydrogen-bond acceptors (Lipinski definition) is 2. The minimum Gasteiger partial charge on any atom is -0.379 e. The molecule has 0 saturated carbocycles. The van der Waals surface area contributed by atoms with E-state index in [1.54, 1.807) is 0 Å². The fourth-order valence-corrected chi connectivity index (χ4v) is 2.38. The van der Waals surface area contributed by atoms with E-state index in [0.717, 1.165) is 13.2 Å². The molecule has 2 saturated heterocycles. The number of hydrogen-bond donors (Lipinski definition) is 0. The molecular formula is C9H17NO. The summed E-state index contributed by atoms with van der Waals surface area (Å²) in [4.78, 5) is 2.58. The van der Waals surface area contributed by atoms with E-state index in [1.807, 2.05) is 0 Å². The zero-order valence-electron chi connectivity index (χ0n) is 7.47. The Morgan fingerprint density at radius 2 is 2.18 bits per heavy atom. The molecule has 2 heteroatoms. The van der Waals surface area contributed by atoms with Gasteiger partial charge in [0.25, 0.3) is 0 Å². The van der Waals surface area contributed by atoms with Crippen molar-refractivity contribution >= 4 is 0 Å². The molecule has 0 aliphatic carbocycles. The lowest BCUT2D eigenvalue weighted by Gasteiger charge is -2.52. The molecule has 2 nitrogen and oxygen atoms in total. The van der Waals surface area contributed by atoms with Crippen LogP contribution in [0.1, 0.15) is 26.7 Å². The first-order chi connectivity index (χ1) is 5.25. The van der Waals surface area contributed by atoms with Crippen LogP contribution in [0.2, 0.25) is 0 Å². The lowest BCUT2D eigenvalue weighted by molar-refractivity contribution is -0.0437. The van der Waals surface area contributed by atoms with Crippen molar-refractivity contribution < 1.29 is 4.74 Å². The van der Waals surface area contributed by atoms with Crippen LogP contribution in [0.5, 0.6) is 0 Å². The largest absolute Gasteiger partial charge is 0.379 e. The van der Waals surface area contributed by atoms with Gasteiger partial charge in [-0.1, -0.05) is 0 Å². The Labute approximate surface area is 68.5 Å². The molecule has 1 spiro atoms. The molecule has 0 bridgehead atoms. The van der Waals surface area contributed by atoms with Gasteiger partial charge in [0, 0.05) is 24.7 Å². The lowest BCUT2D eigenvalue weighted by Crippen LogP contribution is -2.62. The van der Waals surface area contributed by atoms with E-state index in [4.69, 9.17) is 4.74 Å². The summed E-state index contributed by atoms with van der Waals surface area (Å²) in [5, 5.41) is 0. The molecule has 1 atom stereocenters. The summed E-state index contributed by atoms with van der Waals surface area (Å²) in [6.07, 6.45) is 2.61. The van der Waals surface area contributed by atoms with Gasteiger partial charge in [0.15, 0.2) is 0 Å². The van der Waals surface area contributed by atoms with Gasteiger partial charge in [0.2, 0.25) is 0 Å². The highest BCUT2D eigenvalue weighted by molar-refractivity contribution is 5.03. The molecule has 64 valence electrons. The van der Waals surface area contributed by atoms with Crippen LogP contribution < -0.4 is 0 Å². The van der Waals surface area contributed by atoms with Crippen molar-refractivity contribution in [3.63, 3.8) is 0 Å². The van der Waals surface area contributed by atoms with Gasteiger partial charge in [-0.05, 0) is 26.7 Å². The molecule has 2 rings (SSSR count). The van der Waals surface area contributed by atoms with Crippen molar-refractivity contribution in [1.29, 1.82) is 0 Å². The first-order valence-corrected chi connectivity index (χ1v) is 4.59. The van der Waals surface area contributed by atoms with E-state index in [-0.39, 0.29) is 0 Å². The predicted octanol–water partition coefficient (Wildman–Crippen LogP) is 1.26. The maximum absolute atomic E-state index is 5.44. The Hall–Kier alpha value is -0.0800. The molecular weight excluding hydrogens is 138 g/mol. The second kappa shape index (κ2) is 2.46. The zero-order chi connectivity index (χ0) is 7.90. The van der Waals surface area contributed by atoms with Crippen molar-refractivity contribution in [3.8, 4) is 0 Å². The van der Waals surface area contributed by atoms with Crippen molar-refractivity contribution in [1.82, 2.24) is 4.90 Å². The van der Waals surface area contributed by atoms with Gasteiger partial charge >= 0.3 is 0 Å². The van der Waals surface area contributed by atoms with Crippen LogP contribution in [-0.4, -0.2) is 36.2 Å². The Morgan fingerprint density at radius 3 is 2.55 bits per heavy atom. The molecule has 0 aromatic carbocycles. The third-order valence-corrected chi connectivity index (χ3v) is 3.13. The summed E-state index contributed by atoms with van der Waals surface area (Å²) in [7, 11) is 0. The standard InChI is InChI=1S/C9H17NO/c1-8(2)10-5-3-9(10)4-6-11-7-9/h8H,3-7H2,1-2H3/t9-/m0/s1. The van der Waals surface area contributed by atoms with Gasteiger partial charge in [-0.2, -0.15) is 0 Å². The fourth-order valence-electron chi connectivity index (χ4n) is 2.38. The van der Waals surface area contributed by atoms with E-state index in [2.05, 4.69) is 18.7 Å². The summed E-state index contributed by atoms with van der Waals surface area (Å²) in [5.74, 6) is 0. The highest BCUT2D eigenvalue weighted by Gasteiger charge is 2.48. The third kappa shape index (κ3) is 1.00. The van der Waals surface area contributed by atoms with Gasteiger partial charge in [-0.3, -0.25) is 4.90 Å². The Balaban J connectivity index is 2.03. The van der Waals surface area contributed by atoms with Crippen molar-refractivity contribution in [2.45, 2.75) is 38.3 Å². The van der Waals surface area contributed by atoms with Crippen LogP contribution in [0.3, 0.4) is 0 Å². The fraction of sp³-hybridized carbons (Fsp3) is 1.00. The van der Waals surface area contributed by atoms with Gasteiger partial charge in [-0.25, -0.2) is 0 Å². The number of likely N-dealkylation sites (tertiary alicyclic amines) is 1. The Kier molecular flexibility index (Phi) is 1.69. The molecule has 0 radical (unpaired) electrons. The average molecular weight is 155 g/mol. The highest BCUT2D eigenvalue weighted by Crippen LogP contribution is 2.39. The normalized spacial score (nSPS) is 38.5. The predicted molar refractivity (Wildman–Crippen MR) is 44.6 cm³/mol. The van der Waals surface area contributed by atoms with E-state index >= 15 is 0 Å². The quantitative estimate of drug-likeness (QED) is 0.565. The van der Waals surface area contributed by atoms with Crippen LogP contribution in [0.15, 0.2) is 0 Å². The summed E-state index contributed by atoms with van der Waals surface area (Å²) < 4.78 is 5.44. The molecule has 2 aliphatic heterocycles. The smallest absolute Gasteiger partial charge is 0.0651 e. The van der Waals surface area contributed by atoms with E-state index in [0.29, 0.717) is 11.6 Å². The van der Waals surface area contributed by atoms with Crippen LogP contribution in [0.4, 0.5) is 0 Å². The average Bonchev–Trinajstić information content (AvgIpc) is 2.31. The maximum atomic E-state index is 5.44. The summed E-state index contributed by atoms with van der Waals surface area (Å²) >= 11 is 0. The highest BCUT2D eigenvalue weighted by atomic mass is 16.5. The summed E-state index contributed by atoms with van der Waals surface area (Å²) in [5.41, 5.74) is 0.466. The van der Waals surface area contributed by atoms with E-state index < -0.39 is 0 Å². The monoisotopic (exact) mass is 155 g/mol. The van der Waals surface area contributed by atoms with E-state index in [9.17, 15) is 0 Å². The second-order valence-electron chi connectivity index (χ2n) is 4.06. The molecule has 0 unspecified atom stereocenters. The molecule has 0 aromatic rings. The molecule has 2 fully saturated rings. The summed E-state index contributed by atoms with van der Waals surface area (Å²) in [6, 6.07) is 0.699. The van der Waals surface area contributed by atoms with Crippen LogP contribution in [0, 0.1) is 0 Å². The molecule has 0 N–H and O–H groups in total. The summed E-state index contributed by atoms with van der Waals surface area (Å²) in [6.45, 7) is 7.79. The van der Waals surface area contributed by atoms with E-state index in [1.165, 1.54) is 19.4 Å². The SMILES string of the molecule is CC(C)N1CC[C@@]12CCOC2. The van der Waals surface area contributed by atoms with Crippen molar-refractivity contribution in [3.05, 3.63) is 0 Å². The lowest BCUT2D eigenvalue weighted by atomic mass is 9.83. The molecule has 2 heterocycles. The second-order valence-corrected chi connectivity index (χ2v) is 4.06. The van der Waals surface area contributed by atoms with Gasteiger partial charge in [0.1, 0.15) is 0 Å². The number of ether oxygens (including phenoxy) is 1. The first-order valence-electron chi connectivity index (χ1n) is 4.59. The minimum atomic E-state index is 0.466. The van der Waals surface area contributed by atoms with Gasteiger partial charge in [0.05, 0.1) is 6.61 Å². The van der Waals surface area contributed by atoms with Gasteiger partial charge < -0.3 is 4.74 Å². The van der Waals surface area contributed by atoms with Crippen LogP contribution in [0.25, 0.3) is 0 Å². The van der Waals surface area contributed by atoms with Crippen LogP contribution >= 0.6 is 0 Å². The molecule has 2 aliphatic rings. The van der Waals surface area contributed by atoms with Crippen molar-refractivity contribution in [2.75, 3.05) is 19.8 Å². The maximum Gasteiger partial charge on any atom is 0.0651 e. The van der Waals surface area contributed by atoms with Gasteiger partial charge in [-0.15, -0.1) is 0 Å². The Morgan fingerprint density at radius 1 is 1.36 bits per heavy atom. The van der Waals surface area contributed by atoms with Crippen molar-refractivity contribution in [2.24, 2.45) is 0 Å². The van der Waals surface area contributed by atoms with Crippen LogP contribution in [-0.2, 0) is 4.74 Å². The molecule has 0 amide bonds. The Bertz CT molecular complexity index is 150.